The van der Waals surface area contributed by atoms with Crippen LogP contribution in [0.25, 0.3) is 0 Å². The summed E-state index contributed by atoms with van der Waals surface area (Å²) in [5, 5.41) is 0. The summed E-state index contributed by atoms with van der Waals surface area (Å²) in [7, 11) is 1.71. The molecule has 126 valence electrons. The van der Waals surface area contributed by atoms with Crippen molar-refractivity contribution in [3.8, 4) is 5.75 Å². The van der Waals surface area contributed by atoms with Crippen molar-refractivity contribution < 1.29 is 9.53 Å². The maximum absolute atomic E-state index is 12.1. The Morgan fingerprint density at radius 3 is 2.75 bits per heavy atom. The van der Waals surface area contributed by atoms with Gasteiger partial charge in [-0.2, -0.15) is 0 Å². The molecule has 24 heavy (non-hydrogen) atoms. The summed E-state index contributed by atoms with van der Waals surface area (Å²) in [6.45, 7) is 1.37. The topological polar surface area (TPSA) is 103 Å². The van der Waals surface area contributed by atoms with Crippen LogP contribution in [0, 0.1) is 0 Å². The molecular weight excluding hydrogens is 310 g/mol. The molecule has 0 bridgehead atoms. The number of primary amides is 1. The minimum atomic E-state index is -0.582. The summed E-state index contributed by atoms with van der Waals surface area (Å²) in [5.74, 6) is 0.464. The highest BCUT2D eigenvalue weighted by Gasteiger charge is 2.23. The van der Waals surface area contributed by atoms with E-state index in [9.17, 15) is 9.59 Å². The highest BCUT2D eigenvalue weighted by molar-refractivity contribution is 5.91. The third-order valence-electron chi connectivity index (χ3n) is 4.03. The standard InChI is InChI=1S/C16H19N5O3/c1-20-9-6-19-15(16(20)23)21-7-3-11(4-8-21)24-12-2-5-18-13(10-12)14(17)22/h2,5-6,9-11H,3-4,7-8H2,1H3,(H2,17,22). The quantitative estimate of drug-likeness (QED) is 0.866. The van der Waals surface area contributed by atoms with Crippen LogP contribution in [-0.4, -0.2) is 39.6 Å². The molecule has 2 aromatic heterocycles. The maximum atomic E-state index is 12.1. The van der Waals surface area contributed by atoms with E-state index in [1.807, 2.05) is 4.90 Å². The van der Waals surface area contributed by atoms with Crippen LogP contribution in [0.4, 0.5) is 5.82 Å². The van der Waals surface area contributed by atoms with Gasteiger partial charge >= 0.3 is 0 Å². The molecule has 0 aromatic carbocycles. The molecule has 1 aliphatic heterocycles. The number of hydrogen-bond donors (Lipinski definition) is 1. The number of pyridine rings is 1. The van der Waals surface area contributed by atoms with Crippen molar-refractivity contribution in [3.63, 3.8) is 0 Å². The van der Waals surface area contributed by atoms with Crippen molar-refractivity contribution in [2.45, 2.75) is 18.9 Å². The molecule has 3 rings (SSSR count). The molecule has 0 atom stereocenters. The van der Waals surface area contributed by atoms with E-state index in [2.05, 4.69) is 9.97 Å². The molecule has 1 fully saturated rings. The van der Waals surface area contributed by atoms with Gasteiger partial charge in [-0.25, -0.2) is 4.98 Å². The number of piperidine rings is 1. The molecular formula is C16H19N5O3. The van der Waals surface area contributed by atoms with Gasteiger partial charge in [0, 0.05) is 57.6 Å². The first kappa shape index (κ1) is 16.0. The predicted octanol–water partition coefficient (Wildman–Crippen LogP) is 0.322. The van der Waals surface area contributed by atoms with Crippen LogP contribution in [0.3, 0.4) is 0 Å². The molecule has 1 saturated heterocycles. The van der Waals surface area contributed by atoms with Gasteiger partial charge in [0.2, 0.25) is 0 Å². The number of amides is 1. The predicted molar refractivity (Wildman–Crippen MR) is 88.1 cm³/mol. The maximum Gasteiger partial charge on any atom is 0.293 e. The van der Waals surface area contributed by atoms with Gasteiger partial charge in [0.15, 0.2) is 5.82 Å². The lowest BCUT2D eigenvalue weighted by Crippen LogP contribution is -2.41. The number of aryl methyl sites for hydroxylation is 1. The summed E-state index contributed by atoms with van der Waals surface area (Å²) < 4.78 is 7.43. The van der Waals surface area contributed by atoms with Gasteiger partial charge in [0.1, 0.15) is 17.5 Å². The average molecular weight is 329 g/mol. The molecule has 1 aliphatic rings. The lowest BCUT2D eigenvalue weighted by Gasteiger charge is -2.32. The van der Waals surface area contributed by atoms with Crippen LogP contribution < -0.4 is 20.9 Å². The van der Waals surface area contributed by atoms with E-state index in [1.165, 1.54) is 10.8 Å². The Kier molecular flexibility index (Phi) is 4.45. The second-order valence-electron chi connectivity index (χ2n) is 5.71. The Morgan fingerprint density at radius 1 is 1.29 bits per heavy atom. The van der Waals surface area contributed by atoms with Crippen molar-refractivity contribution in [2.24, 2.45) is 12.8 Å². The summed E-state index contributed by atoms with van der Waals surface area (Å²) >= 11 is 0. The SMILES string of the molecule is Cn1ccnc(N2CCC(Oc3ccnc(C(N)=O)c3)CC2)c1=O. The Labute approximate surface area is 138 Å². The van der Waals surface area contributed by atoms with Crippen molar-refractivity contribution in [2.75, 3.05) is 18.0 Å². The number of nitrogens with two attached hydrogens (primary N) is 1. The number of hydrogen-bond acceptors (Lipinski definition) is 6. The van der Waals surface area contributed by atoms with E-state index < -0.39 is 5.91 Å². The van der Waals surface area contributed by atoms with Crippen LogP contribution in [0.1, 0.15) is 23.3 Å². The lowest BCUT2D eigenvalue weighted by atomic mass is 10.1. The largest absolute Gasteiger partial charge is 0.490 e. The van der Waals surface area contributed by atoms with Crippen LogP contribution in [-0.2, 0) is 7.05 Å². The normalized spacial score (nSPS) is 15.3. The van der Waals surface area contributed by atoms with E-state index in [0.717, 1.165) is 12.8 Å². The highest BCUT2D eigenvalue weighted by atomic mass is 16.5. The zero-order valence-electron chi connectivity index (χ0n) is 13.4. The number of ether oxygens (including phenoxy) is 1. The summed E-state index contributed by atoms with van der Waals surface area (Å²) in [6, 6.07) is 3.25. The molecule has 0 unspecified atom stereocenters. The molecule has 8 nitrogen and oxygen atoms in total. The summed E-state index contributed by atoms with van der Waals surface area (Å²) in [4.78, 5) is 33.3. The second-order valence-corrected chi connectivity index (χ2v) is 5.71. The Balaban J connectivity index is 1.63. The third kappa shape index (κ3) is 3.37. The van der Waals surface area contributed by atoms with Crippen LogP contribution in [0.15, 0.2) is 35.5 Å². The Morgan fingerprint density at radius 2 is 2.04 bits per heavy atom. The molecule has 2 aromatic rings. The van der Waals surface area contributed by atoms with Gasteiger partial charge in [-0.1, -0.05) is 0 Å². The van der Waals surface area contributed by atoms with Crippen molar-refractivity contribution >= 4 is 11.7 Å². The number of rotatable bonds is 4. The van der Waals surface area contributed by atoms with Crippen LogP contribution in [0.5, 0.6) is 5.75 Å². The smallest absolute Gasteiger partial charge is 0.293 e. The molecule has 0 radical (unpaired) electrons. The van der Waals surface area contributed by atoms with Gasteiger partial charge in [-0.15, -0.1) is 0 Å². The van der Waals surface area contributed by atoms with E-state index in [-0.39, 0.29) is 17.4 Å². The number of carbonyl (C=O) groups is 1. The molecule has 1 amide bonds. The molecule has 3 heterocycles. The fourth-order valence-electron chi connectivity index (χ4n) is 2.70. The van der Waals surface area contributed by atoms with E-state index in [1.54, 1.807) is 31.6 Å². The average Bonchev–Trinajstić information content (AvgIpc) is 2.58. The minimum absolute atomic E-state index is 0.0111. The third-order valence-corrected chi connectivity index (χ3v) is 4.03. The first-order chi connectivity index (χ1) is 11.5. The van der Waals surface area contributed by atoms with Crippen molar-refractivity contribution in [3.05, 3.63) is 46.8 Å². The van der Waals surface area contributed by atoms with Gasteiger partial charge in [-0.05, 0) is 6.07 Å². The zero-order chi connectivity index (χ0) is 17.1. The molecule has 0 saturated carbocycles. The number of carbonyl (C=O) groups excluding carboxylic acids is 1. The second kappa shape index (κ2) is 6.69. The Hall–Kier alpha value is -2.90. The van der Waals surface area contributed by atoms with Gasteiger partial charge in [0.05, 0.1) is 0 Å². The molecule has 8 heteroatoms. The van der Waals surface area contributed by atoms with E-state index >= 15 is 0 Å². The van der Waals surface area contributed by atoms with Crippen LogP contribution >= 0.6 is 0 Å². The van der Waals surface area contributed by atoms with E-state index in [4.69, 9.17) is 10.5 Å². The number of nitrogens with zero attached hydrogens (tertiary/aromatic N) is 4. The molecule has 2 N–H and O–H groups in total. The first-order valence-electron chi connectivity index (χ1n) is 7.73. The monoisotopic (exact) mass is 329 g/mol. The molecule has 0 aliphatic carbocycles. The van der Waals surface area contributed by atoms with Gasteiger partial charge < -0.3 is 19.9 Å². The fraction of sp³-hybridized carbons (Fsp3) is 0.375. The highest BCUT2D eigenvalue weighted by Crippen LogP contribution is 2.20. The van der Waals surface area contributed by atoms with Gasteiger partial charge in [-0.3, -0.25) is 14.6 Å². The fourth-order valence-corrected chi connectivity index (χ4v) is 2.70. The van der Waals surface area contributed by atoms with E-state index in [0.29, 0.717) is 24.7 Å². The number of anilines is 1. The minimum Gasteiger partial charge on any atom is -0.490 e. The van der Waals surface area contributed by atoms with Crippen LogP contribution in [0.2, 0.25) is 0 Å². The zero-order valence-corrected chi connectivity index (χ0v) is 13.4. The van der Waals surface area contributed by atoms with Crippen molar-refractivity contribution in [1.82, 2.24) is 14.5 Å². The summed E-state index contributed by atoms with van der Waals surface area (Å²) in [6.07, 6.45) is 6.30. The molecule has 0 spiro atoms. The van der Waals surface area contributed by atoms with Gasteiger partial charge in [0.25, 0.3) is 11.5 Å². The van der Waals surface area contributed by atoms with Crippen molar-refractivity contribution in [1.29, 1.82) is 0 Å². The number of aromatic nitrogens is 3. The lowest BCUT2D eigenvalue weighted by molar-refractivity contribution is 0.0994. The summed E-state index contributed by atoms with van der Waals surface area (Å²) in [5.41, 5.74) is 5.30. The first-order valence-corrected chi connectivity index (χ1v) is 7.73. The Bertz CT molecular complexity index is 796.